The molecule has 39 heavy (non-hydrogen) atoms. The third-order valence-corrected chi connectivity index (χ3v) is 7.68. The summed E-state index contributed by atoms with van der Waals surface area (Å²) in [7, 11) is 1.33. The number of aromatic nitrogens is 2. The van der Waals surface area contributed by atoms with Crippen LogP contribution in [0, 0.1) is 0 Å². The van der Waals surface area contributed by atoms with Crippen LogP contribution in [0.4, 0.5) is 19.0 Å². The van der Waals surface area contributed by atoms with E-state index in [2.05, 4.69) is 19.8 Å². The van der Waals surface area contributed by atoms with E-state index in [-0.39, 0.29) is 47.7 Å². The summed E-state index contributed by atoms with van der Waals surface area (Å²) in [6, 6.07) is 11.7. The number of esters is 1. The minimum Gasteiger partial charge on any atom is -0.464 e. The van der Waals surface area contributed by atoms with Gasteiger partial charge in [0.05, 0.1) is 19.8 Å². The van der Waals surface area contributed by atoms with Gasteiger partial charge in [-0.25, -0.2) is 9.78 Å². The molecule has 2 bridgehead atoms. The van der Waals surface area contributed by atoms with Gasteiger partial charge in [0.2, 0.25) is 0 Å². The molecule has 8 nitrogen and oxygen atoms in total. The van der Waals surface area contributed by atoms with Gasteiger partial charge in [0, 0.05) is 29.1 Å². The Balaban J connectivity index is 1.20. The lowest BCUT2D eigenvalue weighted by atomic mass is 9.99. The third kappa shape index (κ3) is 5.32. The number of fused-ring (bicyclic) bond motifs is 2. The number of carbonyl (C=O) groups is 1. The van der Waals surface area contributed by atoms with Crippen LogP contribution in [0.3, 0.4) is 0 Å². The quantitative estimate of drug-likeness (QED) is 0.319. The maximum absolute atomic E-state index is 13.1. The second-order valence-corrected chi connectivity index (χ2v) is 10.3. The Bertz CT molecular complexity index is 1340. The van der Waals surface area contributed by atoms with Crippen molar-refractivity contribution in [3.8, 4) is 17.0 Å². The number of para-hydroxylation sites is 1. The first-order valence-electron chi connectivity index (χ1n) is 13.1. The molecule has 1 saturated carbocycles. The number of methoxy groups -OCH3 is 1. The zero-order chi connectivity index (χ0) is 27.1. The minimum absolute atomic E-state index is 0.0426. The SMILES string of the molecule is COC(=O)c1cccc(N2C3CC[C@H]2CC(OCc2c(-c4ccccc4OC(F)(F)F)noc2C2CC2)C3)n1. The lowest BCUT2D eigenvalue weighted by molar-refractivity contribution is -0.274. The summed E-state index contributed by atoms with van der Waals surface area (Å²) >= 11 is 0. The Kier molecular flexibility index (Phi) is 6.70. The molecule has 3 aliphatic rings. The predicted molar refractivity (Wildman–Crippen MR) is 133 cm³/mol. The number of carbonyl (C=O) groups excluding carboxylic acids is 1. The lowest BCUT2D eigenvalue weighted by Crippen LogP contribution is -2.46. The number of benzene rings is 1. The molecule has 0 N–H and O–H groups in total. The number of nitrogens with zero attached hydrogens (tertiary/aromatic N) is 3. The van der Waals surface area contributed by atoms with Crippen molar-refractivity contribution in [1.82, 2.24) is 10.1 Å². The van der Waals surface area contributed by atoms with Crippen molar-refractivity contribution in [3.05, 3.63) is 59.5 Å². The standard InChI is InChI=1S/C28H28F3N3O5/c1-36-27(35)22-6-4-8-24(32-22)34-17-11-12-18(34)14-19(13-17)37-15-21-25(33-39-26(21)16-9-10-16)20-5-2-3-7-23(20)38-28(29,30)31/h2-8,16-19H,9-15H2,1H3/t17-,18?,19?/m0/s1. The normalized spacial score (nSPS) is 22.7. The molecular weight excluding hydrogens is 515 g/mol. The monoisotopic (exact) mass is 543 g/mol. The van der Waals surface area contributed by atoms with E-state index in [1.165, 1.54) is 19.2 Å². The molecule has 206 valence electrons. The summed E-state index contributed by atoms with van der Waals surface area (Å²) in [6.45, 7) is 0.186. The molecule has 3 atom stereocenters. The minimum atomic E-state index is -4.83. The van der Waals surface area contributed by atoms with Crippen LogP contribution in [-0.2, 0) is 16.1 Å². The van der Waals surface area contributed by atoms with Gasteiger partial charge in [0.1, 0.15) is 23.0 Å². The number of rotatable bonds is 8. The highest BCUT2D eigenvalue weighted by Crippen LogP contribution is 2.46. The molecule has 11 heteroatoms. The fraction of sp³-hybridized carbons (Fsp3) is 0.464. The maximum atomic E-state index is 13.1. The van der Waals surface area contributed by atoms with Crippen LogP contribution >= 0.6 is 0 Å². The number of ether oxygens (including phenoxy) is 3. The van der Waals surface area contributed by atoms with Gasteiger partial charge < -0.3 is 23.6 Å². The van der Waals surface area contributed by atoms with Gasteiger partial charge in [-0.05, 0) is 62.8 Å². The molecule has 1 aromatic carbocycles. The molecule has 2 aliphatic heterocycles. The van der Waals surface area contributed by atoms with Gasteiger partial charge in [0.15, 0.2) is 5.69 Å². The van der Waals surface area contributed by atoms with Gasteiger partial charge in [0.25, 0.3) is 0 Å². The molecule has 0 amide bonds. The van der Waals surface area contributed by atoms with Crippen molar-refractivity contribution in [2.75, 3.05) is 12.0 Å². The summed E-state index contributed by atoms with van der Waals surface area (Å²) in [5.41, 5.74) is 1.49. The van der Waals surface area contributed by atoms with Crippen molar-refractivity contribution < 1.29 is 36.7 Å². The number of pyridine rings is 1. The van der Waals surface area contributed by atoms with E-state index in [1.807, 2.05) is 12.1 Å². The molecule has 0 radical (unpaired) electrons. The van der Waals surface area contributed by atoms with Crippen LogP contribution in [0.15, 0.2) is 47.0 Å². The first kappa shape index (κ1) is 25.7. The van der Waals surface area contributed by atoms with Crippen molar-refractivity contribution >= 4 is 11.8 Å². The number of hydrogen-bond donors (Lipinski definition) is 0. The highest BCUT2D eigenvalue weighted by Gasteiger charge is 2.42. The lowest BCUT2D eigenvalue weighted by Gasteiger charge is -2.39. The first-order chi connectivity index (χ1) is 18.8. The molecule has 2 aromatic heterocycles. The Morgan fingerprint density at radius 1 is 1.05 bits per heavy atom. The van der Waals surface area contributed by atoms with Crippen molar-refractivity contribution in [1.29, 1.82) is 0 Å². The fourth-order valence-corrected chi connectivity index (χ4v) is 5.84. The molecule has 2 unspecified atom stereocenters. The second-order valence-electron chi connectivity index (χ2n) is 10.3. The largest absolute Gasteiger partial charge is 0.573 e. The zero-order valence-electron chi connectivity index (χ0n) is 21.3. The molecular formula is C28H28F3N3O5. The Morgan fingerprint density at radius 2 is 1.79 bits per heavy atom. The Labute approximate surface area is 223 Å². The second kappa shape index (κ2) is 10.2. The van der Waals surface area contributed by atoms with Gasteiger partial charge in [-0.3, -0.25) is 0 Å². The van der Waals surface area contributed by atoms with E-state index >= 15 is 0 Å². The molecule has 3 aromatic rings. The van der Waals surface area contributed by atoms with Crippen molar-refractivity contribution in [2.24, 2.45) is 0 Å². The van der Waals surface area contributed by atoms with Crippen LogP contribution < -0.4 is 9.64 Å². The van der Waals surface area contributed by atoms with Gasteiger partial charge in [-0.2, -0.15) is 0 Å². The summed E-state index contributed by atoms with van der Waals surface area (Å²) in [6.07, 6.45) is 0.547. The smallest absolute Gasteiger partial charge is 0.464 e. The van der Waals surface area contributed by atoms with Crippen LogP contribution in [0.1, 0.15) is 66.3 Å². The summed E-state index contributed by atoms with van der Waals surface area (Å²) in [5, 5.41) is 4.17. The topological polar surface area (TPSA) is 86.9 Å². The van der Waals surface area contributed by atoms with Gasteiger partial charge in [-0.1, -0.05) is 23.4 Å². The van der Waals surface area contributed by atoms with Crippen LogP contribution in [0.2, 0.25) is 0 Å². The fourth-order valence-electron chi connectivity index (χ4n) is 5.84. The van der Waals surface area contributed by atoms with Crippen LogP contribution in [-0.4, -0.2) is 47.8 Å². The molecule has 3 fully saturated rings. The highest BCUT2D eigenvalue weighted by molar-refractivity contribution is 5.87. The molecule has 0 spiro atoms. The van der Waals surface area contributed by atoms with Gasteiger partial charge in [-0.15, -0.1) is 13.2 Å². The Hall–Kier alpha value is -3.60. The average Bonchev–Trinajstić information content (AvgIpc) is 3.62. The summed E-state index contributed by atoms with van der Waals surface area (Å²) < 4.78 is 60.3. The van der Waals surface area contributed by atoms with Crippen LogP contribution in [0.5, 0.6) is 5.75 Å². The number of anilines is 1. The van der Waals surface area contributed by atoms with E-state index in [1.54, 1.807) is 18.2 Å². The molecule has 6 rings (SSSR count). The summed E-state index contributed by atoms with van der Waals surface area (Å²) in [4.78, 5) is 18.8. The number of hydrogen-bond acceptors (Lipinski definition) is 8. The van der Waals surface area contributed by atoms with E-state index in [0.29, 0.717) is 17.0 Å². The molecule has 4 heterocycles. The molecule has 2 saturated heterocycles. The predicted octanol–water partition coefficient (Wildman–Crippen LogP) is 6.02. The maximum Gasteiger partial charge on any atom is 0.573 e. The third-order valence-electron chi connectivity index (χ3n) is 7.68. The first-order valence-corrected chi connectivity index (χ1v) is 13.1. The number of halogens is 3. The zero-order valence-corrected chi connectivity index (χ0v) is 21.3. The Morgan fingerprint density at radius 3 is 2.49 bits per heavy atom. The number of alkyl halides is 3. The highest BCUT2D eigenvalue weighted by atomic mass is 19.4. The van der Waals surface area contributed by atoms with E-state index in [9.17, 15) is 18.0 Å². The van der Waals surface area contributed by atoms with E-state index in [0.717, 1.165) is 44.3 Å². The van der Waals surface area contributed by atoms with Crippen molar-refractivity contribution in [2.45, 2.75) is 75.6 Å². The van der Waals surface area contributed by atoms with Crippen LogP contribution in [0.25, 0.3) is 11.3 Å². The summed E-state index contributed by atoms with van der Waals surface area (Å²) in [5.74, 6) is 0.834. The van der Waals surface area contributed by atoms with E-state index < -0.39 is 12.3 Å². The molecule has 1 aliphatic carbocycles. The number of piperidine rings is 1. The average molecular weight is 544 g/mol. The van der Waals surface area contributed by atoms with Gasteiger partial charge >= 0.3 is 12.3 Å². The van der Waals surface area contributed by atoms with Crippen molar-refractivity contribution in [3.63, 3.8) is 0 Å². The van der Waals surface area contributed by atoms with E-state index in [4.69, 9.17) is 14.0 Å².